The van der Waals surface area contributed by atoms with Crippen molar-refractivity contribution in [3.63, 3.8) is 0 Å². The van der Waals surface area contributed by atoms with Crippen molar-refractivity contribution >= 4 is 44.5 Å². The highest BCUT2D eigenvalue weighted by Crippen LogP contribution is 2.57. The molecule has 12 heteroatoms. The number of allylic oxidation sites excluding steroid dienone is 1. The summed E-state index contributed by atoms with van der Waals surface area (Å²) in [7, 11) is -3.86. The molecule has 8 rings (SSSR count). The number of nitrogens with zero attached hydrogens (tertiary/aromatic N) is 2. The molecule has 2 amide bonds. The second kappa shape index (κ2) is 17.4. The van der Waals surface area contributed by atoms with Gasteiger partial charge in [-0.3, -0.25) is 23.9 Å². The van der Waals surface area contributed by atoms with E-state index in [9.17, 15) is 22.8 Å². The molecule has 1 saturated heterocycles. The van der Waals surface area contributed by atoms with Gasteiger partial charge < -0.3 is 14.4 Å². The number of hydrogen-bond donors (Lipinski definition) is 1. The van der Waals surface area contributed by atoms with Gasteiger partial charge in [-0.05, 0) is 99.3 Å². The van der Waals surface area contributed by atoms with Gasteiger partial charge in [-0.1, -0.05) is 69.0 Å². The first-order valence-electron chi connectivity index (χ1n) is 22.2. The van der Waals surface area contributed by atoms with Crippen LogP contribution in [0.2, 0.25) is 0 Å². The summed E-state index contributed by atoms with van der Waals surface area (Å²) in [6.45, 7) is 8.47. The molecular formula is C48H59N3O8S. The van der Waals surface area contributed by atoms with E-state index in [0.717, 1.165) is 85.5 Å². The lowest BCUT2D eigenvalue weighted by Gasteiger charge is -2.34. The Kier molecular flexibility index (Phi) is 12.2. The second-order valence-corrected chi connectivity index (χ2v) is 20.4. The minimum absolute atomic E-state index is 0.0430. The Labute approximate surface area is 354 Å². The minimum Gasteiger partial charge on any atom is -0.488 e. The Bertz CT molecular complexity index is 2250. The number of carbonyl (C=O) groups excluding carboxylic acids is 4. The summed E-state index contributed by atoms with van der Waals surface area (Å²) < 4.78 is 40.9. The molecule has 1 unspecified atom stereocenters. The zero-order valence-corrected chi connectivity index (χ0v) is 35.9. The Morgan fingerprint density at radius 3 is 2.47 bits per heavy atom. The monoisotopic (exact) mass is 837 g/mol. The molecule has 3 aliphatic carbocycles. The molecule has 3 heterocycles. The van der Waals surface area contributed by atoms with Gasteiger partial charge in [0.25, 0.3) is 0 Å². The molecule has 6 atom stereocenters. The van der Waals surface area contributed by atoms with Gasteiger partial charge in [0.2, 0.25) is 21.8 Å². The normalized spacial score (nSPS) is 28.2. The molecular weight excluding hydrogens is 779 g/mol. The number of rotatable bonds is 9. The van der Waals surface area contributed by atoms with E-state index < -0.39 is 50.6 Å². The first kappa shape index (κ1) is 42.1. The summed E-state index contributed by atoms with van der Waals surface area (Å²) >= 11 is 0. The lowest BCUT2D eigenvalue weighted by molar-refractivity contribution is -0.153. The molecule has 4 bridgehead atoms. The fraction of sp³-hybridized carbons (Fsp3) is 0.562. The number of pyridine rings is 1. The molecule has 1 N–H and O–H groups in total. The number of ether oxygens (including phenoxy) is 2. The van der Waals surface area contributed by atoms with Gasteiger partial charge >= 0.3 is 5.97 Å². The largest absolute Gasteiger partial charge is 0.488 e. The topological polar surface area (TPSA) is 149 Å². The summed E-state index contributed by atoms with van der Waals surface area (Å²) in [5.41, 5.74) is 3.51. The van der Waals surface area contributed by atoms with Gasteiger partial charge in [0.05, 0.1) is 53.4 Å². The third-order valence-corrected chi connectivity index (χ3v) is 15.7. The zero-order chi connectivity index (χ0) is 42.2. The van der Waals surface area contributed by atoms with Crippen LogP contribution in [0.3, 0.4) is 0 Å². The first-order chi connectivity index (χ1) is 28.8. The van der Waals surface area contributed by atoms with Crippen molar-refractivity contribution in [1.82, 2.24) is 14.6 Å². The number of carbonyl (C=O) groups is 4. The van der Waals surface area contributed by atoms with Crippen molar-refractivity contribution < 1.29 is 37.1 Å². The molecule has 11 nitrogen and oxygen atoms in total. The maximum Gasteiger partial charge on any atom is 0.306 e. The number of ketones is 1. The highest BCUT2D eigenvalue weighted by Gasteiger charge is 2.61. The van der Waals surface area contributed by atoms with Crippen LogP contribution >= 0.6 is 0 Å². The maximum atomic E-state index is 15.1. The molecule has 3 aromatic rings. The van der Waals surface area contributed by atoms with E-state index in [2.05, 4.69) is 37.3 Å². The third kappa shape index (κ3) is 9.04. The molecule has 320 valence electrons. The fourth-order valence-electron chi connectivity index (χ4n) is 10.0. The van der Waals surface area contributed by atoms with Crippen LogP contribution in [-0.2, 0) is 40.4 Å². The Balaban J connectivity index is 1.17. The van der Waals surface area contributed by atoms with Crippen molar-refractivity contribution in [3.8, 4) is 17.0 Å². The summed E-state index contributed by atoms with van der Waals surface area (Å²) in [5.74, 6) is -2.04. The van der Waals surface area contributed by atoms with Crippen LogP contribution in [0.1, 0.15) is 108 Å². The Hall–Kier alpha value is -4.58. The smallest absolute Gasteiger partial charge is 0.306 e. The van der Waals surface area contributed by atoms with Gasteiger partial charge in [-0.15, -0.1) is 6.58 Å². The predicted molar refractivity (Wildman–Crippen MR) is 229 cm³/mol. The van der Waals surface area contributed by atoms with Gasteiger partial charge in [-0.2, -0.15) is 0 Å². The number of nitrogens with one attached hydrogen (secondary N) is 1. The van der Waals surface area contributed by atoms with E-state index in [1.807, 2.05) is 36.4 Å². The highest BCUT2D eigenvalue weighted by molar-refractivity contribution is 7.90. The van der Waals surface area contributed by atoms with Crippen molar-refractivity contribution in [2.24, 2.45) is 29.1 Å². The van der Waals surface area contributed by atoms with Gasteiger partial charge in [0.15, 0.2) is 5.78 Å². The quantitative estimate of drug-likeness (QED) is 0.168. The van der Waals surface area contributed by atoms with Crippen molar-refractivity contribution in [2.75, 3.05) is 13.2 Å². The van der Waals surface area contributed by atoms with Crippen molar-refractivity contribution in [2.45, 2.75) is 128 Å². The number of fused-ring (bicyclic) bond motifs is 3. The molecule has 1 aromatic heterocycles. The van der Waals surface area contributed by atoms with E-state index in [-0.39, 0.29) is 68.3 Å². The van der Waals surface area contributed by atoms with E-state index in [1.54, 1.807) is 11.0 Å². The molecule has 4 fully saturated rings. The number of esters is 1. The molecule has 60 heavy (non-hydrogen) atoms. The SMILES string of the molecule is C=C[C@@H]1C[C@]1(CC(=O)[C@@H]1C[C@@H]2CN1C(=O)[C@H](C1CCCCC1)CC(=O)OCC(C)CCCCc1cc3c(cc(-c4ccccc4)nc3cc1C)O2)C(=O)NS(=O)(=O)C1CC1. The number of aromatic nitrogens is 1. The van der Waals surface area contributed by atoms with Gasteiger partial charge in [0, 0.05) is 29.9 Å². The highest BCUT2D eigenvalue weighted by atomic mass is 32.2. The predicted octanol–water partition coefficient (Wildman–Crippen LogP) is 7.81. The van der Waals surface area contributed by atoms with Crippen LogP contribution in [0.5, 0.6) is 5.75 Å². The molecule has 0 spiro atoms. The molecule has 5 aliphatic rings. The van der Waals surface area contributed by atoms with Crippen LogP contribution in [0.15, 0.2) is 61.2 Å². The second-order valence-electron chi connectivity index (χ2n) is 18.4. The fourth-order valence-corrected chi connectivity index (χ4v) is 11.4. The summed E-state index contributed by atoms with van der Waals surface area (Å²) in [6, 6.07) is 15.2. The number of Topliss-reactive ketones (excluding diaryl/α,β-unsaturated/α-hetero) is 1. The number of cyclic esters (lactones) is 1. The zero-order valence-electron chi connectivity index (χ0n) is 35.0. The molecule has 0 radical (unpaired) electrons. The summed E-state index contributed by atoms with van der Waals surface area (Å²) in [4.78, 5) is 64.0. The number of amides is 2. The number of sulfonamides is 1. The Morgan fingerprint density at radius 2 is 1.75 bits per heavy atom. The van der Waals surface area contributed by atoms with Crippen LogP contribution in [0.4, 0.5) is 0 Å². The molecule has 2 aromatic carbocycles. The number of hydrogen-bond acceptors (Lipinski definition) is 9. The minimum atomic E-state index is -3.86. The number of benzene rings is 2. The van der Waals surface area contributed by atoms with Crippen LogP contribution in [-0.4, -0.2) is 72.4 Å². The third-order valence-electron chi connectivity index (χ3n) is 13.9. The van der Waals surface area contributed by atoms with Crippen molar-refractivity contribution in [1.29, 1.82) is 0 Å². The Morgan fingerprint density at radius 1 is 1.00 bits per heavy atom. The van der Waals surface area contributed by atoms with Crippen LogP contribution < -0.4 is 9.46 Å². The number of aryl methyl sites for hydroxylation is 2. The summed E-state index contributed by atoms with van der Waals surface area (Å²) in [6.07, 6.45) is 10.4. The van der Waals surface area contributed by atoms with Gasteiger partial charge in [0.1, 0.15) is 11.9 Å². The van der Waals surface area contributed by atoms with E-state index >= 15 is 4.79 Å². The lowest BCUT2D eigenvalue weighted by Crippen LogP contribution is -2.48. The lowest BCUT2D eigenvalue weighted by atomic mass is 9.77. The maximum absolute atomic E-state index is 15.1. The van der Waals surface area contributed by atoms with Crippen molar-refractivity contribution in [3.05, 3.63) is 72.3 Å². The molecule has 2 aliphatic heterocycles. The standard InChI is InChI=1S/C48H59N3O8S/c1-4-35-26-48(35,47(55)50-60(56,57)37-19-20-37)27-43(52)42-23-36-28-51(42)46(54)38(32-14-7-5-8-15-32)24-45(53)58-29-30(2)13-11-12-18-34-22-39-41(21-31(34)3)49-40(25-44(39)59-36)33-16-9-6-10-17-33/h4,6,9-10,16-17,21-22,25,30,32,35-38,42H,1,5,7-8,11-15,18-20,23-24,26-29H2,2-3H3,(H,50,55)/t30?,35-,36-,38+,42+,48-/m1/s1. The van der Waals surface area contributed by atoms with E-state index in [0.29, 0.717) is 18.6 Å². The van der Waals surface area contributed by atoms with Crippen LogP contribution in [0, 0.1) is 36.0 Å². The summed E-state index contributed by atoms with van der Waals surface area (Å²) in [5, 5.41) is 0.254. The van der Waals surface area contributed by atoms with Crippen LogP contribution in [0.25, 0.3) is 22.2 Å². The first-order valence-corrected chi connectivity index (χ1v) is 23.7. The van der Waals surface area contributed by atoms with Gasteiger partial charge in [-0.25, -0.2) is 13.4 Å². The average molecular weight is 838 g/mol. The van der Waals surface area contributed by atoms with E-state index in [4.69, 9.17) is 14.5 Å². The molecule has 3 saturated carbocycles. The average Bonchev–Trinajstić information content (AvgIpc) is 4.17. The van der Waals surface area contributed by atoms with E-state index in [1.165, 1.54) is 5.56 Å².